The third-order valence-corrected chi connectivity index (χ3v) is 5.85. The van der Waals surface area contributed by atoms with Gasteiger partial charge in [-0.1, -0.05) is 33.1 Å². The van der Waals surface area contributed by atoms with Gasteiger partial charge in [0, 0.05) is 30.7 Å². The maximum atomic E-state index is 3.92. The molecule has 1 unspecified atom stereocenters. The van der Waals surface area contributed by atoms with Crippen molar-refractivity contribution in [1.29, 1.82) is 0 Å². The van der Waals surface area contributed by atoms with Crippen LogP contribution in [0.4, 0.5) is 0 Å². The van der Waals surface area contributed by atoms with Crippen molar-refractivity contribution >= 4 is 0 Å². The number of piperazine rings is 1. The highest BCUT2D eigenvalue weighted by atomic mass is 15.3. The second kappa shape index (κ2) is 6.58. The van der Waals surface area contributed by atoms with Crippen LogP contribution in [-0.2, 0) is 0 Å². The highest BCUT2D eigenvalue weighted by Gasteiger charge is 2.41. The molecule has 0 bridgehead atoms. The van der Waals surface area contributed by atoms with Crippen LogP contribution < -0.4 is 5.32 Å². The fraction of sp³-hybridized carbons (Fsp3) is 1.00. The molecule has 1 aliphatic heterocycles. The normalized spacial score (nSPS) is 29.8. The molecule has 1 aliphatic carbocycles. The molecule has 2 aliphatic rings. The minimum absolute atomic E-state index is 0.402. The Labute approximate surface area is 120 Å². The first-order chi connectivity index (χ1) is 9.13. The van der Waals surface area contributed by atoms with Crippen molar-refractivity contribution in [2.75, 3.05) is 13.1 Å². The van der Waals surface area contributed by atoms with E-state index in [1.165, 1.54) is 58.0 Å². The lowest BCUT2D eigenvalue weighted by atomic mass is 9.79. The van der Waals surface area contributed by atoms with Crippen LogP contribution in [0.3, 0.4) is 0 Å². The summed E-state index contributed by atoms with van der Waals surface area (Å²) in [6, 6.07) is 1.42. The number of rotatable bonds is 4. The van der Waals surface area contributed by atoms with Gasteiger partial charge < -0.3 is 5.32 Å². The van der Waals surface area contributed by atoms with Crippen molar-refractivity contribution in [3.63, 3.8) is 0 Å². The minimum atomic E-state index is 0.402. The molecular weight excluding hydrogens is 232 g/mol. The molecule has 19 heavy (non-hydrogen) atoms. The third kappa shape index (κ3) is 3.16. The van der Waals surface area contributed by atoms with Crippen LogP contribution in [0.15, 0.2) is 0 Å². The number of nitrogens with one attached hydrogen (secondary N) is 1. The van der Waals surface area contributed by atoms with E-state index in [1.807, 2.05) is 0 Å². The molecule has 1 N–H and O–H groups in total. The quantitative estimate of drug-likeness (QED) is 0.832. The average Bonchev–Trinajstić information content (AvgIpc) is 2.47. The van der Waals surface area contributed by atoms with E-state index in [2.05, 4.69) is 37.9 Å². The molecule has 1 saturated carbocycles. The third-order valence-electron chi connectivity index (χ3n) is 5.85. The Kier molecular flexibility index (Phi) is 5.30. The molecule has 1 saturated heterocycles. The summed E-state index contributed by atoms with van der Waals surface area (Å²) < 4.78 is 0. The molecule has 0 amide bonds. The number of hydrogen-bond acceptors (Lipinski definition) is 2. The summed E-state index contributed by atoms with van der Waals surface area (Å²) in [6.45, 7) is 11.9. The summed E-state index contributed by atoms with van der Waals surface area (Å²) in [7, 11) is 0. The van der Waals surface area contributed by atoms with Gasteiger partial charge in [-0.15, -0.1) is 0 Å². The molecule has 0 spiro atoms. The molecule has 112 valence electrons. The lowest BCUT2D eigenvalue weighted by Crippen LogP contribution is -2.67. The Bertz CT molecular complexity index is 264. The van der Waals surface area contributed by atoms with Crippen LogP contribution in [0.1, 0.15) is 72.6 Å². The van der Waals surface area contributed by atoms with Crippen molar-refractivity contribution in [3.05, 3.63) is 0 Å². The molecule has 2 rings (SSSR count). The number of nitrogens with zero attached hydrogens (tertiary/aromatic N) is 1. The predicted molar refractivity (Wildman–Crippen MR) is 83.5 cm³/mol. The highest BCUT2D eigenvalue weighted by Crippen LogP contribution is 2.34. The van der Waals surface area contributed by atoms with E-state index in [-0.39, 0.29) is 0 Å². The SMILES string of the molecule is CCC1(CC)CNC(C2CCCCC2)CN1C(C)C. The summed E-state index contributed by atoms with van der Waals surface area (Å²) in [5.74, 6) is 0.932. The molecule has 0 aromatic heterocycles. The van der Waals surface area contributed by atoms with Crippen molar-refractivity contribution < 1.29 is 0 Å². The summed E-state index contributed by atoms with van der Waals surface area (Å²) in [5, 5.41) is 3.92. The maximum Gasteiger partial charge on any atom is 0.0332 e. The molecule has 2 fully saturated rings. The maximum absolute atomic E-state index is 3.92. The zero-order chi connectivity index (χ0) is 13.9. The molecule has 0 aromatic carbocycles. The van der Waals surface area contributed by atoms with Gasteiger partial charge in [0.25, 0.3) is 0 Å². The first kappa shape index (κ1) is 15.3. The smallest absolute Gasteiger partial charge is 0.0332 e. The molecular formula is C17H34N2. The van der Waals surface area contributed by atoms with Crippen LogP contribution in [0.25, 0.3) is 0 Å². The molecule has 0 radical (unpaired) electrons. The Hall–Kier alpha value is -0.0800. The van der Waals surface area contributed by atoms with Gasteiger partial charge in [0.2, 0.25) is 0 Å². The second-order valence-corrected chi connectivity index (χ2v) is 7.06. The monoisotopic (exact) mass is 266 g/mol. The van der Waals surface area contributed by atoms with Gasteiger partial charge in [-0.2, -0.15) is 0 Å². The summed E-state index contributed by atoms with van der Waals surface area (Å²) >= 11 is 0. The lowest BCUT2D eigenvalue weighted by Gasteiger charge is -2.53. The highest BCUT2D eigenvalue weighted by molar-refractivity contribution is 5.00. The van der Waals surface area contributed by atoms with Crippen LogP contribution in [0.2, 0.25) is 0 Å². The van der Waals surface area contributed by atoms with Gasteiger partial charge in [-0.3, -0.25) is 4.90 Å². The summed E-state index contributed by atoms with van der Waals surface area (Å²) in [5.41, 5.74) is 0.402. The Morgan fingerprint density at radius 1 is 1.11 bits per heavy atom. The molecule has 0 aromatic rings. The molecule has 2 nitrogen and oxygen atoms in total. The summed E-state index contributed by atoms with van der Waals surface area (Å²) in [4.78, 5) is 2.81. The Morgan fingerprint density at radius 2 is 1.74 bits per heavy atom. The van der Waals surface area contributed by atoms with Gasteiger partial charge in [0.1, 0.15) is 0 Å². The van der Waals surface area contributed by atoms with Gasteiger partial charge in [0.15, 0.2) is 0 Å². The first-order valence-corrected chi connectivity index (χ1v) is 8.63. The van der Waals surface area contributed by atoms with E-state index in [9.17, 15) is 0 Å². The van der Waals surface area contributed by atoms with Gasteiger partial charge in [0.05, 0.1) is 0 Å². The summed E-state index contributed by atoms with van der Waals surface area (Å²) in [6.07, 6.45) is 9.82. The first-order valence-electron chi connectivity index (χ1n) is 8.63. The molecule has 2 heteroatoms. The fourth-order valence-corrected chi connectivity index (χ4v) is 4.41. The zero-order valence-electron chi connectivity index (χ0n) is 13.5. The Morgan fingerprint density at radius 3 is 2.26 bits per heavy atom. The van der Waals surface area contributed by atoms with E-state index < -0.39 is 0 Å². The van der Waals surface area contributed by atoms with Gasteiger partial charge >= 0.3 is 0 Å². The van der Waals surface area contributed by atoms with E-state index >= 15 is 0 Å². The van der Waals surface area contributed by atoms with Crippen molar-refractivity contribution in [2.45, 2.75) is 90.3 Å². The van der Waals surface area contributed by atoms with Crippen LogP contribution >= 0.6 is 0 Å². The minimum Gasteiger partial charge on any atom is -0.311 e. The van der Waals surface area contributed by atoms with Crippen LogP contribution in [-0.4, -0.2) is 35.6 Å². The molecule has 1 atom stereocenters. The van der Waals surface area contributed by atoms with Crippen molar-refractivity contribution in [1.82, 2.24) is 10.2 Å². The predicted octanol–water partition coefficient (Wildman–Crippen LogP) is 3.81. The van der Waals surface area contributed by atoms with Crippen molar-refractivity contribution in [2.24, 2.45) is 5.92 Å². The standard InChI is InChI=1S/C17H34N2/c1-5-17(6-2)13-18-16(12-19(17)14(3)4)15-10-8-7-9-11-15/h14-16,18H,5-13H2,1-4H3. The topological polar surface area (TPSA) is 15.3 Å². The van der Waals surface area contributed by atoms with Gasteiger partial charge in [-0.25, -0.2) is 0 Å². The van der Waals surface area contributed by atoms with Gasteiger partial charge in [-0.05, 0) is 45.4 Å². The van der Waals surface area contributed by atoms with Crippen LogP contribution in [0.5, 0.6) is 0 Å². The lowest BCUT2D eigenvalue weighted by molar-refractivity contribution is -0.00798. The Balaban J connectivity index is 2.05. The van der Waals surface area contributed by atoms with E-state index in [0.717, 1.165) is 12.0 Å². The number of hydrogen-bond donors (Lipinski definition) is 1. The van der Waals surface area contributed by atoms with E-state index in [1.54, 1.807) is 0 Å². The molecule has 1 heterocycles. The van der Waals surface area contributed by atoms with Crippen molar-refractivity contribution in [3.8, 4) is 0 Å². The van der Waals surface area contributed by atoms with E-state index in [4.69, 9.17) is 0 Å². The fourth-order valence-electron chi connectivity index (χ4n) is 4.41. The zero-order valence-corrected chi connectivity index (χ0v) is 13.5. The van der Waals surface area contributed by atoms with Crippen LogP contribution in [0, 0.1) is 5.92 Å². The second-order valence-electron chi connectivity index (χ2n) is 7.06. The van der Waals surface area contributed by atoms with E-state index in [0.29, 0.717) is 11.6 Å². The average molecular weight is 266 g/mol. The largest absolute Gasteiger partial charge is 0.311 e.